The van der Waals surface area contributed by atoms with Gasteiger partial charge < -0.3 is 34.8 Å². The lowest BCUT2D eigenvalue weighted by Gasteiger charge is -2.47. The molecule has 1 spiro atoms. The number of carbonyl (C=O) groups is 3. The largest absolute Gasteiger partial charge is 0.508 e. The SMILES string of the molecule is C#Cc1c(F)ccc2cc(O)cc(-c3ncc4c(N5CC6CCC(C5)N6)nc(OCC5(CN6CCN(CC7CCC8(CC7)CCN(C(=O)c7ccc(Cl)c(N9CCC(=O)NC9=O)c7)CC8)CC6)CC5)nc4c3F)c12. The van der Waals surface area contributed by atoms with Crippen LogP contribution >= 0.6 is 11.6 Å². The summed E-state index contributed by atoms with van der Waals surface area (Å²) in [4.78, 5) is 63.0. The summed E-state index contributed by atoms with van der Waals surface area (Å²) >= 11 is 6.46. The maximum absolute atomic E-state index is 17.2. The standard InChI is InChI=1S/C56H61ClF2N10O5/c1-2-40-44(58)8-4-35-25-39(70)27-41(47(35)40)49-48(59)50-42(28-60-49)51(68-30-37-5-6-38(31-68)61-37)64-53(63-50)74-33-56(14-15-56)32-66-23-21-65(22-24-66)29-34-9-12-55(13-10-34)16-19-67(20-17-55)52(72)36-3-7-43(57)45(26-36)69-18-11-46(71)62-54(69)73/h1,3-4,7-8,25-28,34,37-38,61,70H,5-6,9-24,29-33H2,(H,62,71,73). The first-order valence-corrected chi connectivity index (χ1v) is 26.8. The number of aromatic nitrogens is 3. The summed E-state index contributed by atoms with van der Waals surface area (Å²) in [5.74, 6) is 1.78. The van der Waals surface area contributed by atoms with Crippen LogP contribution in [0.5, 0.6) is 11.8 Å². The average Bonchev–Trinajstić information content (AvgIpc) is 4.09. The number of imide groups is 1. The van der Waals surface area contributed by atoms with Crippen LogP contribution in [-0.2, 0) is 4.79 Å². The number of halogens is 3. The zero-order chi connectivity index (χ0) is 50.9. The van der Waals surface area contributed by atoms with Crippen molar-refractivity contribution in [3.05, 3.63) is 76.4 Å². The summed E-state index contributed by atoms with van der Waals surface area (Å²) in [6, 6.07) is 10.8. The Morgan fingerprint density at radius 1 is 0.892 bits per heavy atom. The summed E-state index contributed by atoms with van der Waals surface area (Å²) in [5, 5.41) is 18.3. The number of nitrogens with one attached hydrogen (secondary N) is 2. The van der Waals surface area contributed by atoms with Gasteiger partial charge in [0.15, 0.2) is 5.82 Å². The Kier molecular flexibility index (Phi) is 12.8. The number of benzene rings is 3. The molecule has 5 saturated heterocycles. The number of fused-ring (bicyclic) bond motifs is 4. The van der Waals surface area contributed by atoms with Crippen molar-refractivity contribution in [1.82, 2.24) is 40.3 Å². The fourth-order valence-electron chi connectivity index (χ4n) is 12.9. The van der Waals surface area contributed by atoms with E-state index in [1.807, 2.05) is 4.90 Å². The van der Waals surface area contributed by atoms with Crippen LogP contribution in [0.15, 0.2) is 48.7 Å². The smallest absolute Gasteiger partial charge is 0.328 e. The summed E-state index contributed by atoms with van der Waals surface area (Å²) in [7, 11) is 0. The molecule has 15 nitrogen and oxygen atoms in total. The van der Waals surface area contributed by atoms with Crippen LogP contribution in [0.3, 0.4) is 0 Å². The maximum atomic E-state index is 17.2. The molecule has 7 aliphatic rings. The van der Waals surface area contributed by atoms with E-state index in [0.29, 0.717) is 83.7 Å². The Morgan fingerprint density at radius 3 is 2.35 bits per heavy atom. The van der Waals surface area contributed by atoms with E-state index in [9.17, 15) is 19.5 Å². The van der Waals surface area contributed by atoms with Gasteiger partial charge in [-0.25, -0.2) is 13.6 Å². The number of aromatic hydroxyl groups is 1. The summed E-state index contributed by atoms with van der Waals surface area (Å²) in [6.45, 7) is 9.48. The Bertz CT molecular complexity index is 3090. The molecule has 7 fully saturated rings. The van der Waals surface area contributed by atoms with Crippen LogP contribution in [0.25, 0.3) is 32.9 Å². The lowest BCUT2D eigenvalue weighted by molar-refractivity contribution is -0.120. The van der Waals surface area contributed by atoms with Gasteiger partial charge in [0.05, 0.1) is 28.3 Å². The van der Waals surface area contributed by atoms with Crippen LogP contribution in [-0.4, -0.2) is 143 Å². The molecule has 2 aromatic heterocycles. The van der Waals surface area contributed by atoms with E-state index in [2.05, 4.69) is 36.2 Å². The van der Waals surface area contributed by atoms with Gasteiger partial charge in [0.1, 0.15) is 28.6 Å². The van der Waals surface area contributed by atoms with Gasteiger partial charge in [-0.3, -0.25) is 24.8 Å². The highest BCUT2D eigenvalue weighted by atomic mass is 35.5. The number of hydrogen-bond donors (Lipinski definition) is 3. The number of piperidine rings is 1. The molecule has 3 aromatic carbocycles. The van der Waals surface area contributed by atoms with Crippen molar-refractivity contribution in [2.75, 3.05) is 88.4 Å². The topological polar surface area (TPSA) is 160 Å². The zero-order valence-electron chi connectivity index (χ0n) is 41.5. The second-order valence-corrected chi connectivity index (χ2v) is 22.6. The number of nitrogens with zero attached hydrogens (tertiary/aromatic N) is 8. The molecular weight excluding hydrogens is 966 g/mol. The molecule has 5 aliphatic heterocycles. The number of ether oxygens (including phenoxy) is 1. The fourth-order valence-corrected chi connectivity index (χ4v) is 13.2. The van der Waals surface area contributed by atoms with Crippen LogP contribution in [0, 0.1) is 40.7 Å². The predicted octanol–water partition coefficient (Wildman–Crippen LogP) is 7.74. The van der Waals surface area contributed by atoms with Gasteiger partial charge in [-0.1, -0.05) is 23.6 Å². The number of pyridine rings is 1. The average molecular weight is 1030 g/mol. The minimum absolute atomic E-state index is 0.0379. The Balaban J connectivity index is 0.657. The molecule has 0 radical (unpaired) electrons. The number of piperazine rings is 2. The number of terminal acetylenes is 1. The highest BCUT2D eigenvalue weighted by Gasteiger charge is 2.46. The molecule has 2 aliphatic carbocycles. The summed E-state index contributed by atoms with van der Waals surface area (Å²) in [6.07, 6.45) is 18.4. The third-order valence-corrected chi connectivity index (χ3v) is 17.8. The first kappa shape index (κ1) is 48.7. The van der Waals surface area contributed by atoms with Crippen molar-refractivity contribution in [2.45, 2.75) is 82.7 Å². The number of phenols is 1. The van der Waals surface area contributed by atoms with Crippen LogP contribution in [0.4, 0.5) is 25.1 Å². The second kappa shape index (κ2) is 19.5. The number of hydrogen-bond acceptors (Lipinski definition) is 12. The quantitative estimate of drug-likeness (QED) is 0.111. The van der Waals surface area contributed by atoms with E-state index in [0.717, 1.165) is 77.8 Å². The minimum Gasteiger partial charge on any atom is -0.508 e. The molecule has 2 saturated carbocycles. The normalized spacial score (nSPS) is 23.1. The first-order valence-electron chi connectivity index (χ1n) is 26.4. The van der Waals surface area contributed by atoms with Crippen LogP contribution in [0.1, 0.15) is 86.6 Å². The molecule has 386 valence electrons. The van der Waals surface area contributed by atoms with Gasteiger partial charge >= 0.3 is 12.0 Å². The highest BCUT2D eigenvalue weighted by Crippen LogP contribution is 2.49. The molecular formula is C56H61ClF2N10O5. The minimum atomic E-state index is -0.728. The van der Waals surface area contributed by atoms with Crippen molar-refractivity contribution in [3.8, 4) is 35.4 Å². The van der Waals surface area contributed by atoms with Crippen molar-refractivity contribution < 1.29 is 33.0 Å². The zero-order valence-corrected chi connectivity index (χ0v) is 42.2. The number of carbonyl (C=O) groups excluding carboxylic acids is 3. The number of amides is 4. The van der Waals surface area contributed by atoms with E-state index in [4.69, 9.17) is 32.7 Å². The number of rotatable bonds is 11. The van der Waals surface area contributed by atoms with Crippen molar-refractivity contribution in [1.29, 1.82) is 0 Å². The van der Waals surface area contributed by atoms with Gasteiger partial charge in [0.2, 0.25) is 5.91 Å². The molecule has 5 aromatic rings. The van der Waals surface area contributed by atoms with E-state index in [1.165, 1.54) is 54.8 Å². The molecule has 12 rings (SSSR count). The number of phenolic OH excluding ortho intramolecular Hbond substituents is 1. The Labute approximate surface area is 433 Å². The third-order valence-electron chi connectivity index (χ3n) is 17.4. The van der Waals surface area contributed by atoms with Crippen LogP contribution in [0.2, 0.25) is 5.02 Å². The van der Waals surface area contributed by atoms with Gasteiger partial charge in [-0.15, -0.1) is 6.42 Å². The molecule has 3 N–H and O–H groups in total. The number of likely N-dealkylation sites (tertiary alicyclic amines) is 1. The Morgan fingerprint density at radius 2 is 1.64 bits per heavy atom. The molecule has 2 bridgehead atoms. The predicted molar refractivity (Wildman–Crippen MR) is 278 cm³/mol. The van der Waals surface area contributed by atoms with E-state index in [-0.39, 0.29) is 75.1 Å². The molecule has 7 heterocycles. The van der Waals surface area contributed by atoms with E-state index >= 15 is 8.78 Å². The van der Waals surface area contributed by atoms with Crippen molar-refractivity contribution in [3.63, 3.8) is 0 Å². The van der Waals surface area contributed by atoms with Crippen molar-refractivity contribution in [2.24, 2.45) is 16.7 Å². The monoisotopic (exact) mass is 1030 g/mol. The molecule has 18 heteroatoms. The molecule has 2 atom stereocenters. The summed E-state index contributed by atoms with van der Waals surface area (Å²) < 4.78 is 38.7. The lowest BCUT2D eigenvalue weighted by atomic mass is 9.65. The highest BCUT2D eigenvalue weighted by molar-refractivity contribution is 6.34. The van der Waals surface area contributed by atoms with E-state index < -0.39 is 17.7 Å². The van der Waals surface area contributed by atoms with Gasteiger partial charge in [0, 0.05) is 119 Å². The third kappa shape index (κ3) is 9.47. The second-order valence-electron chi connectivity index (χ2n) is 22.2. The van der Waals surface area contributed by atoms with Crippen molar-refractivity contribution >= 4 is 62.6 Å². The lowest BCUT2D eigenvalue weighted by Crippen LogP contribution is -2.51. The first-order chi connectivity index (χ1) is 35.8. The van der Waals surface area contributed by atoms with Gasteiger partial charge in [0.25, 0.3) is 5.91 Å². The number of anilines is 2. The molecule has 4 amide bonds. The van der Waals surface area contributed by atoms with E-state index in [1.54, 1.807) is 24.4 Å². The Hall–Kier alpha value is -6.19. The fraction of sp³-hybridized carbons (Fsp3) is 0.500. The summed E-state index contributed by atoms with van der Waals surface area (Å²) in [5.41, 5.74) is 1.22. The molecule has 2 unspecified atom stereocenters. The van der Waals surface area contributed by atoms with Gasteiger partial charge in [-0.05, 0) is 117 Å². The number of urea groups is 1. The maximum Gasteiger partial charge on any atom is 0.328 e. The van der Waals surface area contributed by atoms with Gasteiger partial charge in [-0.2, -0.15) is 9.97 Å². The molecule has 74 heavy (non-hydrogen) atoms. The van der Waals surface area contributed by atoms with Crippen LogP contribution < -0.4 is 25.2 Å².